The van der Waals surface area contributed by atoms with Crippen LogP contribution in [0.1, 0.15) is 123 Å². The van der Waals surface area contributed by atoms with Crippen LogP contribution < -0.4 is 21.1 Å². The summed E-state index contributed by atoms with van der Waals surface area (Å²) in [5, 5.41) is 15.9. The van der Waals surface area contributed by atoms with E-state index in [1.807, 2.05) is 30.5 Å². The highest BCUT2D eigenvalue weighted by atomic mass is 35.5. The number of nitrogens with one attached hydrogen (secondary N) is 2. The molecule has 5 amide bonds. The number of nitrogens with two attached hydrogens (primary N) is 1. The van der Waals surface area contributed by atoms with E-state index in [9.17, 15) is 33.6 Å². The zero-order valence-corrected chi connectivity index (χ0v) is 36.1. The van der Waals surface area contributed by atoms with Gasteiger partial charge < -0.3 is 30.6 Å². The van der Waals surface area contributed by atoms with E-state index in [1.165, 1.54) is 36.6 Å². The number of benzene rings is 2. The lowest BCUT2D eigenvalue weighted by Gasteiger charge is -2.22. The zero-order valence-electron chi connectivity index (χ0n) is 34.5. The summed E-state index contributed by atoms with van der Waals surface area (Å²) in [4.78, 5) is 94.7. The molecule has 2 aromatic carbocycles. The van der Waals surface area contributed by atoms with Gasteiger partial charge in [-0.25, -0.2) is 0 Å². The number of nitrogens with zero attached hydrogens (tertiary/aromatic N) is 5. The van der Waals surface area contributed by atoms with Crippen LogP contribution in [0.4, 0.5) is 0 Å². The Bertz CT molecular complexity index is 2410. The third-order valence-corrected chi connectivity index (χ3v) is 11.9. The Kier molecular flexibility index (Phi) is 15.0. The van der Waals surface area contributed by atoms with Crippen LogP contribution in [0.3, 0.4) is 0 Å². The van der Waals surface area contributed by atoms with Gasteiger partial charge in [0.2, 0.25) is 5.91 Å². The summed E-state index contributed by atoms with van der Waals surface area (Å²) in [6.07, 6.45) is 5.44. The Morgan fingerprint density at radius 3 is 2.31 bits per heavy atom. The number of rotatable bonds is 21. The zero-order chi connectivity index (χ0) is 44.5. The standard InChI is InChI=1S/C43H47ClN8O9S/c1-24-34(36-37(26-15-17-27(44)18-16-26)48-29(22-33(55)60-3)39-50-49-25(2)51(39)43(36)62-24)40(57)47-20-9-7-5-4-6-8-19-46-32(54)23-61-31-14-10-12-28-35(31)42(59)52(41(28)58)30(38(45)56)13-11-21-53/h10,12,14-18,21,29-30H,4-9,11,13,19-20,22-23H2,1-3H3,(H2,45,56)(H,46,54)(H,47,57)/t29-,30?/m0/s1. The van der Waals surface area contributed by atoms with Gasteiger partial charge in [0.25, 0.3) is 23.6 Å². The van der Waals surface area contributed by atoms with E-state index in [4.69, 9.17) is 31.8 Å². The van der Waals surface area contributed by atoms with E-state index in [0.29, 0.717) is 52.9 Å². The Balaban J connectivity index is 0.962. The van der Waals surface area contributed by atoms with Crippen molar-refractivity contribution in [2.75, 3.05) is 26.8 Å². The number of halogens is 1. The summed E-state index contributed by atoms with van der Waals surface area (Å²) in [6, 6.07) is 9.56. The molecule has 6 rings (SSSR count). The predicted molar refractivity (Wildman–Crippen MR) is 229 cm³/mol. The molecule has 2 atom stereocenters. The molecule has 0 bridgehead atoms. The van der Waals surface area contributed by atoms with E-state index in [-0.39, 0.29) is 42.0 Å². The van der Waals surface area contributed by atoms with Gasteiger partial charge in [0.05, 0.1) is 35.9 Å². The van der Waals surface area contributed by atoms with Gasteiger partial charge in [0, 0.05) is 40.5 Å². The van der Waals surface area contributed by atoms with Crippen molar-refractivity contribution in [3.05, 3.63) is 91.8 Å². The summed E-state index contributed by atoms with van der Waals surface area (Å²) >= 11 is 7.67. The van der Waals surface area contributed by atoms with Gasteiger partial charge in [-0.05, 0) is 57.4 Å². The van der Waals surface area contributed by atoms with Crippen LogP contribution >= 0.6 is 22.9 Å². The maximum atomic E-state index is 13.9. The number of aromatic nitrogens is 3. The minimum Gasteiger partial charge on any atom is -0.483 e. The van der Waals surface area contributed by atoms with Crippen molar-refractivity contribution in [1.82, 2.24) is 30.3 Å². The molecule has 17 nitrogen and oxygen atoms in total. The van der Waals surface area contributed by atoms with Crippen molar-refractivity contribution in [2.24, 2.45) is 10.7 Å². The average molecular weight is 887 g/mol. The molecular formula is C43H47ClN8O9S. The third-order valence-electron chi connectivity index (χ3n) is 10.5. The number of unbranched alkanes of at least 4 members (excludes halogenated alkanes) is 5. The number of primary amides is 1. The molecule has 4 heterocycles. The fourth-order valence-electron chi connectivity index (χ4n) is 7.48. The summed E-state index contributed by atoms with van der Waals surface area (Å²) < 4.78 is 12.5. The largest absolute Gasteiger partial charge is 0.483 e. The second-order valence-electron chi connectivity index (χ2n) is 14.8. The molecule has 2 aliphatic heterocycles. The molecule has 2 aliphatic rings. The number of aldehydes is 1. The number of methoxy groups -OCH3 is 1. The number of imide groups is 1. The maximum absolute atomic E-state index is 13.9. The van der Waals surface area contributed by atoms with Gasteiger partial charge in [0.1, 0.15) is 34.9 Å². The van der Waals surface area contributed by atoms with Crippen LogP contribution in [0.5, 0.6) is 5.75 Å². The van der Waals surface area contributed by atoms with Crippen molar-refractivity contribution in [1.29, 1.82) is 0 Å². The first-order valence-electron chi connectivity index (χ1n) is 20.2. The smallest absolute Gasteiger partial charge is 0.308 e. The predicted octanol–water partition coefficient (Wildman–Crippen LogP) is 4.75. The van der Waals surface area contributed by atoms with E-state index in [1.54, 1.807) is 12.1 Å². The van der Waals surface area contributed by atoms with Gasteiger partial charge in [-0.2, -0.15) is 0 Å². The first-order valence-corrected chi connectivity index (χ1v) is 21.4. The lowest BCUT2D eigenvalue weighted by atomic mass is 9.98. The number of esters is 1. The van der Waals surface area contributed by atoms with E-state index >= 15 is 0 Å². The third kappa shape index (κ3) is 9.92. The fraction of sp³-hybridized carbons (Fsp3) is 0.395. The van der Waals surface area contributed by atoms with Crippen LogP contribution in [0.25, 0.3) is 5.00 Å². The van der Waals surface area contributed by atoms with Gasteiger partial charge >= 0.3 is 5.97 Å². The van der Waals surface area contributed by atoms with Crippen molar-refractivity contribution in [2.45, 2.75) is 83.7 Å². The van der Waals surface area contributed by atoms with Crippen molar-refractivity contribution in [3.8, 4) is 10.8 Å². The van der Waals surface area contributed by atoms with Crippen molar-refractivity contribution in [3.63, 3.8) is 0 Å². The Morgan fingerprint density at radius 1 is 0.935 bits per heavy atom. The van der Waals surface area contributed by atoms with Crippen LogP contribution in [0.2, 0.25) is 5.02 Å². The molecule has 326 valence electrons. The number of carbonyl (C=O) groups is 7. The molecule has 0 saturated heterocycles. The van der Waals surface area contributed by atoms with Crippen LogP contribution in [0, 0.1) is 13.8 Å². The highest BCUT2D eigenvalue weighted by Gasteiger charge is 2.44. The molecule has 1 unspecified atom stereocenters. The molecule has 0 saturated carbocycles. The maximum Gasteiger partial charge on any atom is 0.308 e. The molecule has 2 aromatic heterocycles. The highest BCUT2D eigenvalue weighted by Crippen LogP contribution is 2.40. The van der Waals surface area contributed by atoms with Crippen LogP contribution in [-0.4, -0.2) is 100 Å². The fourth-order valence-corrected chi connectivity index (χ4v) is 8.81. The number of ether oxygens (including phenoxy) is 2. The molecule has 4 aromatic rings. The minimum atomic E-state index is -1.29. The van der Waals surface area contributed by atoms with Crippen LogP contribution in [0.15, 0.2) is 47.5 Å². The molecular weight excluding hydrogens is 840 g/mol. The Labute approximate surface area is 366 Å². The normalized spacial score (nSPS) is 14.5. The molecule has 19 heteroatoms. The van der Waals surface area contributed by atoms with Crippen LogP contribution in [-0.2, 0) is 23.9 Å². The topological polar surface area (TPSA) is 234 Å². The Hall–Kier alpha value is -6.27. The molecule has 0 spiro atoms. The molecule has 0 fully saturated rings. The molecule has 0 aliphatic carbocycles. The van der Waals surface area contributed by atoms with Crippen molar-refractivity contribution >= 4 is 70.4 Å². The monoisotopic (exact) mass is 886 g/mol. The molecule has 4 N–H and O–H groups in total. The quantitative estimate of drug-likeness (QED) is 0.0447. The number of amides is 5. The summed E-state index contributed by atoms with van der Waals surface area (Å²) in [6.45, 7) is 4.19. The number of aliphatic imine (C=N–C) groups is 1. The second-order valence-corrected chi connectivity index (χ2v) is 16.4. The first-order chi connectivity index (χ1) is 29.9. The molecule has 0 radical (unpaired) electrons. The van der Waals surface area contributed by atoms with Crippen molar-refractivity contribution < 1.29 is 43.0 Å². The number of carbonyl (C=O) groups excluding carboxylic acids is 7. The first kappa shape index (κ1) is 45.3. The number of fused-ring (bicyclic) bond motifs is 4. The number of hydrogen-bond acceptors (Lipinski definition) is 13. The number of thiophene rings is 1. The van der Waals surface area contributed by atoms with Gasteiger partial charge in [-0.15, -0.1) is 21.5 Å². The lowest BCUT2D eigenvalue weighted by molar-refractivity contribution is -0.141. The van der Waals surface area contributed by atoms with E-state index < -0.39 is 48.3 Å². The summed E-state index contributed by atoms with van der Waals surface area (Å²) in [7, 11) is 1.32. The minimum absolute atomic E-state index is 0.0213. The Morgan fingerprint density at radius 2 is 1.63 bits per heavy atom. The number of aryl methyl sites for hydroxylation is 2. The molecule has 62 heavy (non-hydrogen) atoms. The van der Waals surface area contributed by atoms with Gasteiger partial charge in [-0.3, -0.25) is 43.2 Å². The second kappa shape index (κ2) is 20.5. The lowest BCUT2D eigenvalue weighted by Crippen LogP contribution is -2.47. The van der Waals surface area contributed by atoms with Gasteiger partial charge in [0.15, 0.2) is 12.4 Å². The summed E-state index contributed by atoms with van der Waals surface area (Å²) in [5.74, 6) is -2.41. The van der Waals surface area contributed by atoms with E-state index in [0.717, 1.165) is 58.9 Å². The van der Waals surface area contributed by atoms with E-state index in [2.05, 4.69) is 20.8 Å². The number of hydrogen-bond donors (Lipinski definition) is 3. The SMILES string of the molecule is COC(=O)C[C@@H]1N=C(c2ccc(Cl)cc2)c2c(sc(C)c2C(=O)NCCCCCCCCNC(=O)COc2cccc3c2C(=O)N(C(CCC=O)C(N)=O)C3=O)-n2c(C)nnc21. The summed E-state index contributed by atoms with van der Waals surface area (Å²) in [5.41, 5.74) is 7.79. The highest BCUT2D eigenvalue weighted by molar-refractivity contribution is 7.15. The average Bonchev–Trinajstić information content (AvgIpc) is 3.86. The van der Waals surface area contributed by atoms with Gasteiger partial charge in [-0.1, -0.05) is 55.5 Å².